The standard InChI is InChI=1S/C16H24N2O2/c1-12-6-4-5-7-13(12)14-11-18(8-9-20-14)15(19)10-16(2,3)17/h4-7,14H,8-11,17H2,1-3H3/t14-/m0/s1. The van der Waals surface area contributed by atoms with Crippen molar-refractivity contribution in [3.8, 4) is 0 Å². The molecule has 2 rings (SSSR count). The minimum atomic E-state index is -0.465. The van der Waals surface area contributed by atoms with E-state index in [1.807, 2.05) is 30.9 Å². The molecule has 4 nitrogen and oxygen atoms in total. The Kier molecular flexibility index (Phi) is 4.45. The number of ether oxygens (including phenoxy) is 1. The van der Waals surface area contributed by atoms with E-state index in [1.54, 1.807) is 0 Å². The number of nitrogens with zero attached hydrogens (tertiary/aromatic N) is 1. The summed E-state index contributed by atoms with van der Waals surface area (Å²) in [6, 6.07) is 8.17. The SMILES string of the molecule is Cc1ccccc1[C@@H]1CN(C(=O)CC(C)(C)N)CCO1. The van der Waals surface area contributed by atoms with Crippen molar-refractivity contribution in [3.05, 3.63) is 35.4 Å². The quantitative estimate of drug-likeness (QED) is 0.919. The zero-order valence-electron chi connectivity index (χ0n) is 12.6. The minimum Gasteiger partial charge on any atom is -0.370 e. The fourth-order valence-corrected chi connectivity index (χ4v) is 2.51. The molecule has 4 heteroatoms. The first-order valence-corrected chi connectivity index (χ1v) is 7.10. The molecule has 0 aliphatic carbocycles. The first kappa shape index (κ1) is 15.0. The van der Waals surface area contributed by atoms with Crippen molar-refractivity contribution in [2.45, 2.75) is 38.8 Å². The zero-order chi connectivity index (χ0) is 14.8. The Morgan fingerprint density at radius 1 is 1.45 bits per heavy atom. The molecule has 1 saturated heterocycles. The summed E-state index contributed by atoms with van der Waals surface area (Å²) >= 11 is 0. The van der Waals surface area contributed by atoms with E-state index in [-0.39, 0.29) is 12.0 Å². The number of amides is 1. The summed E-state index contributed by atoms with van der Waals surface area (Å²) in [7, 11) is 0. The molecular weight excluding hydrogens is 252 g/mol. The molecule has 1 aliphatic rings. The fourth-order valence-electron chi connectivity index (χ4n) is 2.51. The van der Waals surface area contributed by atoms with Gasteiger partial charge in [0, 0.05) is 18.5 Å². The summed E-state index contributed by atoms with van der Waals surface area (Å²) in [5, 5.41) is 0. The van der Waals surface area contributed by atoms with Crippen LogP contribution in [0, 0.1) is 6.92 Å². The Labute approximate surface area is 120 Å². The number of morpholine rings is 1. The molecule has 0 aromatic heterocycles. The van der Waals surface area contributed by atoms with Crippen molar-refractivity contribution in [2.24, 2.45) is 5.73 Å². The summed E-state index contributed by atoms with van der Waals surface area (Å²) in [5.41, 5.74) is 7.83. The van der Waals surface area contributed by atoms with Crippen LogP contribution in [0.4, 0.5) is 0 Å². The molecule has 1 aliphatic heterocycles. The van der Waals surface area contributed by atoms with E-state index in [2.05, 4.69) is 19.1 Å². The third-order valence-corrected chi connectivity index (χ3v) is 3.56. The van der Waals surface area contributed by atoms with Gasteiger partial charge >= 0.3 is 0 Å². The first-order chi connectivity index (χ1) is 9.37. The third-order valence-electron chi connectivity index (χ3n) is 3.56. The van der Waals surface area contributed by atoms with Crippen LogP contribution in [0.25, 0.3) is 0 Å². The lowest BCUT2D eigenvalue weighted by atomic mass is 9.99. The first-order valence-electron chi connectivity index (χ1n) is 7.10. The highest BCUT2D eigenvalue weighted by Crippen LogP contribution is 2.25. The van der Waals surface area contributed by atoms with Crippen LogP contribution in [0.5, 0.6) is 0 Å². The van der Waals surface area contributed by atoms with Gasteiger partial charge in [0.1, 0.15) is 6.10 Å². The summed E-state index contributed by atoms with van der Waals surface area (Å²) in [6.07, 6.45) is 0.336. The van der Waals surface area contributed by atoms with Gasteiger partial charge in [0.2, 0.25) is 5.91 Å². The van der Waals surface area contributed by atoms with Crippen LogP contribution in [0.3, 0.4) is 0 Å². The van der Waals surface area contributed by atoms with Gasteiger partial charge in [0.25, 0.3) is 0 Å². The third kappa shape index (κ3) is 3.81. The van der Waals surface area contributed by atoms with E-state index in [4.69, 9.17) is 10.5 Å². The lowest BCUT2D eigenvalue weighted by Crippen LogP contribution is -2.46. The highest BCUT2D eigenvalue weighted by atomic mass is 16.5. The maximum atomic E-state index is 12.3. The highest BCUT2D eigenvalue weighted by Gasteiger charge is 2.28. The molecule has 1 amide bonds. The van der Waals surface area contributed by atoms with Gasteiger partial charge in [0.15, 0.2) is 0 Å². The van der Waals surface area contributed by atoms with Gasteiger partial charge < -0.3 is 15.4 Å². The predicted octanol–water partition coefficient (Wildman–Crippen LogP) is 2.02. The smallest absolute Gasteiger partial charge is 0.224 e. The molecule has 1 aromatic rings. The van der Waals surface area contributed by atoms with E-state index in [1.165, 1.54) is 5.56 Å². The molecule has 0 spiro atoms. The van der Waals surface area contributed by atoms with Crippen molar-refractivity contribution in [1.29, 1.82) is 0 Å². The minimum absolute atomic E-state index is 0.0326. The van der Waals surface area contributed by atoms with E-state index in [0.29, 0.717) is 26.1 Å². The number of carbonyl (C=O) groups is 1. The summed E-state index contributed by atoms with van der Waals surface area (Å²) in [5.74, 6) is 0.111. The molecule has 2 N–H and O–H groups in total. The number of nitrogens with two attached hydrogens (primary N) is 1. The maximum absolute atomic E-state index is 12.3. The van der Waals surface area contributed by atoms with Crippen molar-refractivity contribution in [3.63, 3.8) is 0 Å². The molecule has 1 fully saturated rings. The van der Waals surface area contributed by atoms with Crippen LogP contribution in [0.15, 0.2) is 24.3 Å². The Morgan fingerprint density at radius 2 is 2.15 bits per heavy atom. The molecule has 1 atom stereocenters. The second-order valence-electron chi connectivity index (χ2n) is 6.22. The molecule has 110 valence electrons. The normalized spacial score (nSPS) is 20.0. The second-order valence-corrected chi connectivity index (χ2v) is 6.22. The van der Waals surface area contributed by atoms with Crippen molar-refractivity contribution in [2.75, 3.05) is 19.7 Å². The molecule has 1 aromatic carbocycles. The summed E-state index contributed by atoms with van der Waals surface area (Å²) < 4.78 is 5.83. The van der Waals surface area contributed by atoms with E-state index < -0.39 is 5.54 Å². The van der Waals surface area contributed by atoms with Crippen molar-refractivity contribution >= 4 is 5.91 Å². The summed E-state index contributed by atoms with van der Waals surface area (Å²) in [6.45, 7) is 7.67. The molecule has 1 heterocycles. The topological polar surface area (TPSA) is 55.6 Å². The van der Waals surface area contributed by atoms with Crippen LogP contribution in [0.2, 0.25) is 0 Å². The van der Waals surface area contributed by atoms with Gasteiger partial charge in [-0.25, -0.2) is 0 Å². The lowest BCUT2D eigenvalue weighted by Gasteiger charge is -2.35. The Hall–Kier alpha value is -1.39. The van der Waals surface area contributed by atoms with Gasteiger partial charge in [-0.05, 0) is 31.9 Å². The lowest BCUT2D eigenvalue weighted by molar-refractivity contribution is -0.140. The van der Waals surface area contributed by atoms with Crippen LogP contribution in [-0.2, 0) is 9.53 Å². The number of rotatable bonds is 3. The average molecular weight is 276 g/mol. The van der Waals surface area contributed by atoms with Crippen LogP contribution < -0.4 is 5.73 Å². The number of benzene rings is 1. The van der Waals surface area contributed by atoms with Crippen LogP contribution in [0.1, 0.15) is 37.5 Å². The van der Waals surface area contributed by atoms with Crippen LogP contribution >= 0.6 is 0 Å². The fraction of sp³-hybridized carbons (Fsp3) is 0.562. The average Bonchev–Trinajstić information content (AvgIpc) is 2.37. The Balaban J connectivity index is 2.06. The van der Waals surface area contributed by atoms with Gasteiger partial charge in [0.05, 0.1) is 13.2 Å². The highest BCUT2D eigenvalue weighted by molar-refractivity contribution is 5.77. The van der Waals surface area contributed by atoms with Gasteiger partial charge in [-0.15, -0.1) is 0 Å². The monoisotopic (exact) mass is 276 g/mol. The molecule has 0 radical (unpaired) electrons. The Bertz CT molecular complexity index is 480. The predicted molar refractivity (Wildman–Crippen MR) is 79.3 cm³/mol. The van der Waals surface area contributed by atoms with Crippen molar-refractivity contribution in [1.82, 2.24) is 4.90 Å². The molecular formula is C16H24N2O2. The van der Waals surface area contributed by atoms with Gasteiger partial charge in [-0.1, -0.05) is 24.3 Å². The van der Waals surface area contributed by atoms with Gasteiger partial charge in [-0.2, -0.15) is 0 Å². The molecule has 0 bridgehead atoms. The van der Waals surface area contributed by atoms with E-state index in [0.717, 1.165) is 5.56 Å². The van der Waals surface area contributed by atoms with Gasteiger partial charge in [-0.3, -0.25) is 4.79 Å². The summed E-state index contributed by atoms with van der Waals surface area (Å²) in [4.78, 5) is 14.1. The largest absolute Gasteiger partial charge is 0.370 e. The van der Waals surface area contributed by atoms with E-state index in [9.17, 15) is 4.79 Å². The number of aryl methyl sites for hydroxylation is 1. The molecule has 20 heavy (non-hydrogen) atoms. The van der Waals surface area contributed by atoms with Crippen molar-refractivity contribution < 1.29 is 9.53 Å². The molecule has 0 saturated carbocycles. The van der Waals surface area contributed by atoms with Crippen LogP contribution in [-0.4, -0.2) is 36.0 Å². The maximum Gasteiger partial charge on any atom is 0.224 e. The molecule has 0 unspecified atom stereocenters. The zero-order valence-corrected chi connectivity index (χ0v) is 12.6. The number of hydrogen-bond donors (Lipinski definition) is 1. The number of hydrogen-bond acceptors (Lipinski definition) is 3. The second kappa shape index (κ2) is 5.94. The Morgan fingerprint density at radius 3 is 2.80 bits per heavy atom. The van der Waals surface area contributed by atoms with E-state index >= 15 is 0 Å². The number of carbonyl (C=O) groups excluding carboxylic acids is 1.